The largest absolute Gasteiger partial charge is 0.447 e. The zero-order chi connectivity index (χ0) is 12.4. The minimum atomic E-state index is -0.288. The van der Waals surface area contributed by atoms with Gasteiger partial charge in [-0.05, 0) is 24.5 Å². The molecule has 0 aliphatic carbocycles. The number of rotatable bonds is 3. The van der Waals surface area contributed by atoms with Crippen molar-refractivity contribution in [2.45, 2.75) is 26.3 Å². The van der Waals surface area contributed by atoms with E-state index in [1.165, 1.54) is 0 Å². The van der Waals surface area contributed by atoms with Crippen LogP contribution in [0.15, 0.2) is 18.2 Å². The van der Waals surface area contributed by atoms with Crippen LogP contribution in [0.2, 0.25) is 0 Å². The molecule has 4 nitrogen and oxygen atoms in total. The molecule has 1 aliphatic heterocycles. The van der Waals surface area contributed by atoms with E-state index in [4.69, 9.17) is 10.5 Å². The fourth-order valence-electron chi connectivity index (χ4n) is 2.26. The smallest absolute Gasteiger partial charge is 0.414 e. The molecular formula is C13H18N2O2. The van der Waals surface area contributed by atoms with Crippen LogP contribution in [0.25, 0.3) is 0 Å². The monoisotopic (exact) mass is 234 g/mol. The van der Waals surface area contributed by atoms with E-state index >= 15 is 0 Å². The van der Waals surface area contributed by atoms with Crippen LogP contribution in [0.5, 0.6) is 0 Å². The molecule has 1 fully saturated rings. The molecule has 17 heavy (non-hydrogen) atoms. The predicted octanol–water partition coefficient (Wildman–Crippen LogP) is 1.84. The van der Waals surface area contributed by atoms with Crippen molar-refractivity contribution in [3.8, 4) is 0 Å². The number of nitrogens with two attached hydrogens (primary N) is 1. The Kier molecular flexibility index (Phi) is 3.33. The molecule has 2 rings (SSSR count). The Morgan fingerprint density at radius 1 is 1.53 bits per heavy atom. The van der Waals surface area contributed by atoms with Crippen LogP contribution in [0.4, 0.5) is 10.5 Å². The van der Waals surface area contributed by atoms with Crippen LogP contribution in [-0.4, -0.2) is 25.3 Å². The summed E-state index contributed by atoms with van der Waals surface area (Å²) in [7, 11) is 0. The number of benzene rings is 1. The maximum absolute atomic E-state index is 11.8. The first-order valence-electron chi connectivity index (χ1n) is 5.93. The quantitative estimate of drug-likeness (QED) is 0.868. The standard InChI is InChI=1S/C13H18N2O2/c1-3-10-6-4-5-9(2)12(10)15-11(7-14)8-17-13(15)16/h4-6,11H,3,7-8,14H2,1-2H3. The van der Waals surface area contributed by atoms with Crippen molar-refractivity contribution in [2.24, 2.45) is 5.73 Å². The number of anilines is 1. The van der Waals surface area contributed by atoms with Gasteiger partial charge in [-0.15, -0.1) is 0 Å². The van der Waals surface area contributed by atoms with E-state index in [1.54, 1.807) is 4.90 Å². The summed E-state index contributed by atoms with van der Waals surface area (Å²) < 4.78 is 5.08. The van der Waals surface area contributed by atoms with Crippen LogP contribution in [-0.2, 0) is 11.2 Å². The van der Waals surface area contributed by atoms with Gasteiger partial charge in [-0.25, -0.2) is 4.79 Å². The van der Waals surface area contributed by atoms with Gasteiger partial charge in [0.05, 0.1) is 11.7 Å². The number of carbonyl (C=O) groups excluding carboxylic acids is 1. The molecule has 0 aromatic heterocycles. The summed E-state index contributed by atoms with van der Waals surface area (Å²) in [6.45, 7) is 4.89. The van der Waals surface area contributed by atoms with Gasteiger partial charge in [-0.3, -0.25) is 4.90 Å². The normalized spacial score (nSPS) is 19.6. The van der Waals surface area contributed by atoms with E-state index in [1.807, 2.05) is 25.1 Å². The molecule has 1 saturated heterocycles. The van der Waals surface area contributed by atoms with Gasteiger partial charge in [0.15, 0.2) is 0 Å². The summed E-state index contributed by atoms with van der Waals surface area (Å²) in [4.78, 5) is 13.5. The van der Waals surface area contributed by atoms with E-state index in [0.717, 1.165) is 23.2 Å². The lowest BCUT2D eigenvalue weighted by Gasteiger charge is -2.24. The Morgan fingerprint density at radius 3 is 2.94 bits per heavy atom. The molecular weight excluding hydrogens is 216 g/mol. The Hall–Kier alpha value is -1.55. The molecule has 4 heteroatoms. The topological polar surface area (TPSA) is 55.6 Å². The predicted molar refractivity (Wildman–Crippen MR) is 67.2 cm³/mol. The van der Waals surface area contributed by atoms with Gasteiger partial charge in [0.2, 0.25) is 0 Å². The molecule has 2 N–H and O–H groups in total. The first-order chi connectivity index (χ1) is 8.19. The molecule has 1 aromatic carbocycles. The minimum absolute atomic E-state index is 0.0473. The summed E-state index contributed by atoms with van der Waals surface area (Å²) in [6.07, 6.45) is 0.599. The van der Waals surface area contributed by atoms with Gasteiger partial charge >= 0.3 is 6.09 Å². The zero-order valence-electron chi connectivity index (χ0n) is 10.3. The molecule has 0 bridgehead atoms. The van der Waals surface area contributed by atoms with Gasteiger partial charge in [-0.1, -0.05) is 25.1 Å². The van der Waals surface area contributed by atoms with Crippen LogP contribution in [0, 0.1) is 6.92 Å². The van der Waals surface area contributed by atoms with Gasteiger partial charge in [0.1, 0.15) is 6.61 Å². The van der Waals surface area contributed by atoms with E-state index in [-0.39, 0.29) is 12.1 Å². The number of amides is 1. The van der Waals surface area contributed by atoms with Crippen molar-refractivity contribution >= 4 is 11.8 Å². The molecule has 1 aliphatic rings. The second kappa shape index (κ2) is 4.75. The Morgan fingerprint density at radius 2 is 2.29 bits per heavy atom. The second-order valence-corrected chi connectivity index (χ2v) is 4.27. The van der Waals surface area contributed by atoms with E-state index < -0.39 is 0 Å². The van der Waals surface area contributed by atoms with Crippen molar-refractivity contribution in [1.29, 1.82) is 0 Å². The summed E-state index contributed by atoms with van der Waals surface area (Å²) >= 11 is 0. The third-order valence-electron chi connectivity index (χ3n) is 3.18. The third kappa shape index (κ3) is 2.00. The molecule has 0 saturated carbocycles. The van der Waals surface area contributed by atoms with Crippen LogP contribution in [0.3, 0.4) is 0 Å². The van der Waals surface area contributed by atoms with Crippen LogP contribution in [0.1, 0.15) is 18.1 Å². The SMILES string of the molecule is CCc1cccc(C)c1N1C(=O)OCC1CN. The number of para-hydroxylation sites is 1. The van der Waals surface area contributed by atoms with Gasteiger partial charge in [0, 0.05) is 6.54 Å². The van der Waals surface area contributed by atoms with Gasteiger partial charge in [-0.2, -0.15) is 0 Å². The number of ether oxygens (including phenoxy) is 1. The highest BCUT2D eigenvalue weighted by atomic mass is 16.6. The van der Waals surface area contributed by atoms with Crippen LogP contribution >= 0.6 is 0 Å². The summed E-state index contributed by atoms with van der Waals surface area (Å²) in [5.74, 6) is 0. The van der Waals surface area contributed by atoms with Crippen molar-refractivity contribution in [3.63, 3.8) is 0 Å². The lowest BCUT2D eigenvalue weighted by atomic mass is 10.0. The first-order valence-corrected chi connectivity index (χ1v) is 5.93. The Labute approximate surface area is 101 Å². The Bertz CT molecular complexity index is 431. The molecule has 1 atom stereocenters. The second-order valence-electron chi connectivity index (χ2n) is 4.27. The maximum atomic E-state index is 11.8. The van der Waals surface area contributed by atoms with E-state index in [0.29, 0.717) is 13.2 Å². The summed E-state index contributed by atoms with van der Waals surface area (Å²) in [5.41, 5.74) is 8.90. The summed E-state index contributed by atoms with van der Waals surface area (Å²) in [6, 6.07) is 6.01. The summed E-state index contributed by atoms with van der Waals surface area (Å²) in [5, 5.41) is 0. The first kappa shape index (κ1) is 11.9. The van der Waals surface area contributed by atoms with E-state index in [2.05, 4.69) is 6.92 Å². The van der Waals surface area contributed by atoms with Crippen LogP contribution < -0.4 is 10.6 Å². The fraction of sp³-hybridized carbons (Fsp3) is 0.462. The molecule has 92 valence electrons. The molecule has 0 spiro atoms. The third-order valence-corrected chi connectivity index (χ3v) is 3.18. The highest BCUT2D eigenvalue weighted by molar-refractivity contribution is 5.92. The Balaban J connectivity index is 2.48. The minimum Gasteiger partial charge on any atom is -0.447 e. The number of nitrogens with zero attached hydrogens (tertiary/aromatic N) is 1. The van der Waals surface area contributed by atoms with Crippen molar-refractivity contribution in [3.05, 3.63) is 29.3 Å². The van der Waals surface area contributed by atoms with Crippen molar-refractivity contribution < 1.29 is 9.53 Å². The zero-order valence-corrected chi connectivity index (χ0v) is 10.3. The number of aryl methyl sites for hydroxylation is 2. The van der Waals surface area contributed by atoms with Gasteiger partial charge < -0.3 is 10.5 Å². The van der Waals surface area contributed by atoms with Crippen molar-refractivity contribution in [1.82, 2.24) is 0 Å². The maximum Gasteiger partial charge on any atom is 0.414 e. The lowest BCUT2D eigenvalue weighted by Crippen LogP contribution is -2.39. The van der Waals surface area contributed by atoms with Crippen molar-refractivity contribution in [2.75, 3.05) is 18.1 Å². The number of cyclic esters (lactones) is 1. The number of hydrogen-bond acceptors (Lipinski definition) is 3. The fourth-order valence-corrected chi connectivity index (χ4v) is 2.26. The highest BCUT2D eigenvalue weighted by Gasteiger charge is 2.34. The molecule has 1 unspecified atom stereocenters. The van der Waals surface area contributed by atoms with E-state index in [9.17, 15) is 4.79 Å². The molecule has 1 aromatic rings. The molecule has 1 amide bonds. The molecule has 0 radical (unpaired) electrons. The lowest BCUT2D eigenvalue weighted by molar-refractivity contribution is 0.179. The average Bonchev–Trinajstić information content (AvgIpc) is 2.70. The van der Waals surface area contributed by atoms with Gasteiger partial charge in [0.25, 0.3) is 0 Å². The molecule has 1 heterocycles. The number of hydrogen-bond donors (Lipinski definition) is 1. The number of carbonyl (C=O) groups is 1. The average molecular weight is 234 g/mol. The highest BCUT2D eigenvalue weighted by Crippen LogP contribution is 2.30.